The van der Waals surface area contributed by atoms with Crippen LogP contribution in [0, 0.1) is 5.82 Å². The molecule has 1 aromatic carbocycles. The van der Waals surface area contributed by atoms with Crippen LogP contribution in [0.15, 0.2) is 36.5 Å². The van der Waals surface area contributed by atoms with Crippen molar-refractivity contribution in [3.63, 3.8) is 0 Å². The van der Waals surface area contributed by atoms with Crippen LogP contribution in [-0.4, -0.2) is 29.4 Å². The average Bonchev–Trinajstić information content (AvgIpc) is 2.52. The van der Waals surface area contributed by atoms with Gasteiger partial charge in [0.1, 0.15) is 11.4 Å². The Hall–Kier alpha value is -2.14. The molecule has 22 heavy (non-hydrogen) atoms. The molecular formula is C16H16ClFN2O2. The van der Waals surface area contributed by atoms with Gasteiger partial charge in [-0.2, -0.15) is 0 Å². The lowest BCUT2D eigenvalue weighted by molar-refractivity contribution is 0.0748. The van der Waals surface area contributed by atoms with Gasteiger partial charge in [-0.05, 0) is 30.7 Å². The van der Waals surface area contributed by atoms with Crippen LogP contribution in [0.5, 0.6) is 5.88 Å². The fourth-order valence-electron chi connectivity index (χ4n) is 2.10. The zero-order valence-corrected chi connectivity index (χ0v) is 13.1. The van der Waals surface area contributed by atoms with Crippen molar-refractivity contribution in [3.8, 4) is 5.88 Å². The molecule has 4 nitrogen and oxygen atoms in total. The van der Waals surface area contributed by atoms with Gasteiger partial charge in [-0.15, -0.1) is 0 Å². The van der Waals surface area contributed by atoms with Gasteiger partial charge in [0.25, 0.3) is 5.91 Å². The number of ether oxygens (including phenoxy) is 1. The third-order valence-electron chi connectivity index (χ3n) is 3.17. The van der Waals surface area contributed by atoms with Crippen LogP contribution in [0.1, 0.15) is 22.8 Å². The second-order valence-corrected chi connectivity index (χ2v) is 5.10. The minimum absolute atomic E-state index is 0.215. The van der Waals surface area contributed by atoms with Gasteiger partial charge in [0, 0.05) is 19.3 Å². The van der Waals surface area contributed by atoms with E-state index in [1.165, 1.54) is 31.5 Å². The van der Waals surface area contributed by atoms with E-state index in [-0.39, 0.29) is 23.2 Å². The largest absolute Gasteiger partial charge is 0.480 e. The maximum atomic E-state index is 13.3. The lowest BCUT2D eigenvalue weighted by atomic mass is 10.1. The number of aromatic nitrogens is 1. The number of nitrogens with zero attached hydrogens (tertiary/aromatic N) is 2. The second kappa shape index (κ2) is 7.22. The van der Waals surface area contributed by atoms with Crippen molar-refractivity contribution in [1.82, 2.24) is 9.88 Å². The predicted octanol–water partition coefficient (Wildman–Crippen LogP) is 3.55. The number of carbonyl (C=O) groups excluding carboxylic acids is 1. The van der Waals surface area contributed by atoms with E-state index in [1.807, 2.05) is 6.92 Å². The van der Waals surface area contributed by atoms with Crippen LogP contribution >= 0.6 is 11.6 Å². The first-order valence-electron chi connectivity index (χ1n) is 6.78. The number of rotatable bonds is 5. The van der Waals surface area contributed by atoms with Gasteiger partial charge >= 0.3 is 0 Å². The molecule has 0 unspecified atom stereocenters. The van der Waals surface area contributed by atoms with Gasteiger partial charge < -0.3 is 9.64 Å². The van der Waals surface area contributed by atoms with Crippen molar-refractivity contribution in [2.45, 2.75) is 13.5 Å². The Labute approximate surface area is 133 Å². The molecule has 6 heteroatoms. The monoisotopic (exact) mass is 322 g/mol. The molecule has 116 valence electrons. The first-order chi connectivity index (χ1) is 10.5. The number of hydrogen-bond acceptors (Lipinski definition) is 3. The maximum Gasteiger partial charge on any atom is 0.259 e. The molecule has 0 saturated carbocycles. The van der Waals surface area contributed by atoms with E-state index in [0.717, 1.165) is 0 Å². The van der Waals surface area contributed by atoms with Crippen molar-refractivity contribution in [2.75, 3.05) is 13.7 Å². The molecule has 0 aliphatic carbocycles. The van der Waals surface area contributed by atoms with Crippen molar-refractivity contribution >= 4 is 17.5 Å². The Morgan fingerprint density at radius 1 is 1.41 bits per heavy atom. The quantitative estimate of drug-likeness (QED) is 0.845. The highest BCUT2D eigenvalue weighted by Crippen LogP contribution is 2.22. The van der Waals surface area contributed by atoms with E-state index in [4.69, 9.17) is 16.3 Å². The summed E-state index contributed by atoms with van der Waals surface area (Å²) in [6.07, 6.45) is 1.42. The molecule has 2 aromatic rings. The van der Waals surface area contributed by atoms with Crippen molar-refractivity contribution in [2.24, 2.45) is 0 Å². The van der Waals surface area contributed by atoms with Gasteiger partial charge in [0.2, 0.25) is 5.88 Å². The SMILES string of the molecule is CCN(Cc1cccc(F)c1)C(=O)c1cc(Cl)cnc1OC. The Bertz CT molecular complexity index is 679. The Morgan fingerprint density at radius 2 is 2.18 bits per heavy atom. The van der Waals surface area contributed by atoms with Crippen LogP contribution in [0.2, 0.25) is 5.02 Å². The van der Waals surface area contributed by atoms with E-state index in [9.17, 15) is 9.18 Å². The lowest BCUT2D eigenvalue weighted by Crippen LogP contribution is -2.30. The van der Waals surface area contributed by atoms with Crippen LogP contribution in [0.3, 0.4) is 0 Å². The van der Waals surface area contributed by atoms with E-state index in [2.05, 4.69) is 4.98 Å². The summed E-state index contributed by atoms with van der Waals surface area (Å²) in [6.45, 7) is 2.61. The first-order valence-corrected chi connectivity index (χ1v) is 7.16. The number of carbonyl (C=O) groups is 1. The van der Waals surface area contributed by atoms with Crippen molar-refractivity contribution in [3.05, 3.63) is 58.5 Å². The fourth-order valence-corrected chi connectivity index (χ4v) is 2.25. The average molecular weight is 323 g/mol. The zero-order chi connectivity index (χ0) is 16.1. The molecule has 0 aliphatic rings. The van der Waals surface area contributed by atoms with Gasteiger partial charge in [0.15, 0.2) is 0 Å². The van der Waals surface area contributed by atoms with Gasteiger partial charge in [-0.3, -0.25) is 4.79 Å². The summed E-state index contributed by atoms with van der Waals surface area (Å²) in [5.41, 5.74) is 0.998. The molecule has 0 radical (unpaired) electrons. The van der Waals surface area contributed by atoms with E-state index in [0.29, 0.717) is 23.7 Å². The Morgan fingerprint density at radius 3 is 2.82 bits per heavy atom. The topological polar surface area (TPSA) is 42.4 Å². The maximum absolute atomic E-state index is 13.3. The van der Waals surface area contributed by atoms with Crippen LogP contribution in [0.4, 0.5) is 4.39 Å². The molecule has 0 fully saturated rings. The summed E-state index contributed by atoms with van der Waals surface area (Å²) in [7, 11) is 1.44. The lowest BCUT2D eigenvalue weighted by Gasteiger charge is -2.22. The predicted molar refractivity (Wildman–Crippen MR) is 82.6 cm³/mol. The molecule has 0 N–H and O–H groups in total. The van der Waals surface area contributed by atoms with Crippen LogP contribution in [-0.2, 0) is 6.54 Å². The van der Waals surface area contributed by atoms with Crippen molar-refractivity contribution < 1.29 is 13.9 Å². The van der Waals surface area contributed by atoms with E-state index >= 15 is 0 Å². The van der Waals surface area contributed by atoms with Gasteiger partial charge in [0.05, 0.1) is 12.1 Å². The smallest absolute Gasteiger partial charge is 0.259 e. The van der Waals surface area contributed by atoms with Gasteiger partial charge in [-0.25, -0.2) is 9.37 Å². The standard InChI is InChI=1S/C16H16ClFN2O2/c1-3-20(10-11-5-4-6-13(18)7-11)16(21)14-8-12(17)9-19-15(14)22-2/h4-9H,3,10H2,1-2H3. The minimum Gasteiger partial charge on any atom is -0.480 e. The van der Waals surface area contributed by atoms with E-state index in [1.54, 1.807) is 17.0 Å². The minimum atomic E-state index is -0.331. The molecule has 0 bridgehead atoms. The Balaban J connectivity index is 2.27. The molecule has 1 amide bonds. The Kier molecular flexibility index (Phi) is 5.33. The zero-order valence-electron chi connectivity index (χ0n) is 12.3. The number of pyridine rings is 1. The van der Waals surface area contributed by atoms with Gasteiger partial charge in [-0.1, -0.05) is 23.7 Å². The summed E-state index contributed by atoms with van der Waals surface area (Å²) in [5, 5.41) is 0.353. The summed E-state index contributed by atoms with van der Waals surface area (Å²) < 4.78 is 18.4. The van der Waals surface area contributed by atoms with Crippen LogP contribution < -0.4 is 4.74 Å². The molecule has 0 atom stereocenters. The number of hydrogen-bond donors (Lipinski definition) is 0. The van der Waals surface area contributed by atoms with E-state index < -0.39 is 0 Å². The fraction of sp³-hybridized carbons (Fsp3) is 0.250. The molecule has 1 aromatic heterocycles. The number of amides is 1. The summed E-state index contributed by atoms with van der Waals surface area (Å²) >= 11 is 5.91. The number of benzene rings is 1. The summed E-state index contributed by atoms with van der Waals surface area (Å²) in [5.74, 6) is -0.381. The number of methoxy groups -OCH3 is 1. The molecule has 2 rings (SSSR count). The number of halogens is 2. The highest BCUT2D eigenvalue weighted by Gasteiger charge is 2.20. The molecular weight excluding hydrogens is 307 g/mol. The molecule has 0 aliphatic heterocycles. The first kappa shape index (κ1) is 16.2. The summed E-state index contributed by atoms with van der Waals surface area (Å²) in [6, 6.07) is 7.68. The normalized spacial score (nSPS) is 10.4. The van der Waals surface area contributed by atoms with Crippen molar-refractivity contribution in [1.29, 1.82) is 0 Å². The molecule has 0 saturated heterocycles. The van der Waals surface area contributed by atoms with Crippen LogP contribution in [0.25, 0.3) is 0 Å². The third-order valence-corrected chi connectivity index (χ3v) is 3.38. The highest BCUT2D eigenvalue weighted by atomic mass is 35.5. The molecule has 0 spiro atoms. The summed E-state index contributed by atoms with van der Waals surface area (Å²) in [4.78, 5) is 18.2. The molecule has 1 heterocycles. The second-order valence-electron chi connectivity index (χ2n) is 4.66. The highest BCUT2D eigenvalue weighted by molar-refractivity contribution is 6.30. The third kappa shape index (κ3) is 3.74.